The molecule has 3 N–H and O–H groups in total. The summed E-state index contributed by atoms with van der Waals surface area (Å²) in [6.45, 7) is 4.13. The Balaban J connectivity index is 1.12. The van der Waals surface area contributed by atoms with Crippen LogP contribution >= 0.6 is 11.6 Å². The minimum atomic E-state index is -0.923. The van der Waals surface area contributed by atoms with Crippen LogP contribution in [0.25, 0.3) is 22.4 Å². The van der Waals surface area contributed by atoms with Gasteiger partial charge in [0.05, 0.1) is 18.2 Å². The Morgan fingerprint density at radius 2 is 1.74 bits per heavy atom. The lowest BCUT2D eigenvalue weighted by atomic mass is 9.74. The van der Waals surface area contributed by atoms with E-state index in [2.05, 4.69) is 42.0 Å². The Kier molecular flexibility index (Phi) is 7.79. The number of hydrogen-bond donors (Lipinski definition) is 3. The molecule has 46 heavy (non-hydrogen) atoms. The van der Waals surface area contributed by atoms with Gasteiger partial charge in [-0.3, -0.25) is 14.3 Å². The van der Waals surface area contributed by atoms with Crippen LogP contribution in [0.1, 0.15) is 16.1 Å². The van der Waals surface area contributed by atoms with Crippen LogP contribution in [0.3, 0.4) is 0 Å². The van der Waals surface area contributed by atoms with Gasteiger partial charge in [-0.1, -0.05) is 29.8 Å². The Hall–Kier alpha value is -5.00. The van der Waals surface area contributed by atoms with E-state index in [0.717, 1.165) is 59.9 Å². The maximum Gasteiger partial charge on any atom is 0.270 e. The van der Waals surface area contributed by atoms with Crippen LogP contribution in [0.2, 0.25) is 5.02 Å². The van der Waals surface area contributed by atoms with Crippen molar-refractivity contribution in [3.63, 3.8) is 0 Å². The average molecular weight is 636 g/mol. The topological polar surface area (TPSA) is 122 Å². The number of carbonyl (C=O) groups is 2. The SMILES string of the molecule is Cn1cncc1-c1ccc(NC(=O)C(Cc2cc(-c3ccnc(N4CC5(CNC5)C4)c3)ccc2Cl)NC(=O)c2ccnn2C)cc1. The largest absolute Gasteiger partial charge is 0.355 e. The number of anilines is 2. The first-order chi connectivity index (χ1) is 22.3. The molecule has 0 radical (unpaired) electrons. The van der Waals surface area contributed by atoms with Gasteiger partial charge in [0.25, 0.3) is 5.91 Å². The van der Waals surface area contributed by atoms with Crippen molar-refractivity contribution >= 4 is 34.9 Å². The van der Waals surface area contributed by atoms with Crippen molar-refractivity contribution in [1.29, 1.82) is 0 Å². The molecule has 7 rings (SSSR count). The molecule has 3 aromatic heterocycles. The predicted octanol–water partition coefficient (Wildman–Crippen LogP) is 3.93. The second kappa shape index (κ2) is 12.1. The molecule has 12 heteroatoms. The van der Waals surface area contributed by atoms with Gasteiger partial charge >= 0.3 is 0 Å². The zero-order chi connectivity index (χ0) is 31.8. The van der Waals surface area contributed by atoms with Crippen LogP contribution in [-0.4, -0.2) is 68.4 Å². The summed E-state index contributed by atoms with van der Waals surface area (Å²) in [5, 5.41) is 13.9. The molecule has 234 valence electrons. The molecule has 0 bridgehead atoms. The quantitative estimate of drug-likeness (QED) is 0.224. The molecule has 2 aliphatic heterocycles. The highest BCUT2D eigenvalue weighted by atomic mass is 35.5. The molecular weight excluding hydrogens is 602 g/mol. The van der Waals surface area contributed by atoms with Gasteiger partial charge in [-0.2, -0.15) is 5.10 Å². The number of pyridine rings is 1. The molecule has 0 saturated carbocycles. The number of nitrogens with zero attached hydrogens (tertiary/aromatic N) is 6. The Bertz CT molecular complexity index is 1900. The lowest BCUT2D eigenvalue weighted by molar-refractivity contribution is -0.118. The first-order valence-corrected chi connectivity index (χ1v) is 15.5. The first-order valence-electron chi connectivity index (χ1n) is 15.1. The fraction of sp³-hybridized carbons (Fsp3) is 0.265. The van der Waals surface area contributed by atoms with E-state index in [-0.39, 0.29) is 12.3 Å². The van der Waals surface area contributed by atoms with Gasteiger partial charge in [0, 0.05) is 75.2 Å². The van der Waals surface area contributed by atoms with E-state index in [1.165, 1.54) is 4.68 Å². The molecule has 5 heterocycles. The third kappa shape index (κ3) is 5.86. The Labute approximate surface area is 271 Å². The summed E-state index contributed by atoms with van der Waals surface area (Å²) in [4.78, 5) is 38.1. The maximum absolute atomic E-state index is 13.8. The molecular formula is C34H34ClN9O2. The minimum Gasteiger partial charge on any atom is -0.355 e. The van der Waals surface area contributed by atoms with E-state index in [4.69, 9.17) is 11.6 Å². The number of nitrogens with one attached hydrogen (secondary N) is 3. The molecule has 2 aliphatic rings. The first kappa shape index (κ1) is 29.7. The van der Waals surface area contributed by atoms with Crippen LogP contribution in [0.4, 0.5) is 11.5 Å². The highest BCUT2D eigenvalue weighted by molar-refractivity contribution is 6.31. The van der Waals surface area contributed by atoms with Crippen molar-refractivity contribution in [3.05, 3.63) is 102 Å². The normalized spacial score (nSPS) is 15.6. The van der Waals surface area contributed by atoms with Crippen molar-refractivity contribution < 1.29 is 9.59 Å². The lowest BCUT2D eigenvalue weighted by Crippen LogP contribution is -2.71. The predicted molar refractivity (Wildman–Crippen MR) is 178 cm³/mol. The fourth-order valence-corrected chi connectivity index (χ4v) is 6.35. The van der Waals surface area contributed by atoms with Gasteiger partial charge in [-0.15, -0.1) is 0 Å². The molecule has 5 aromatic rings. The highest BCUT2D eigenvalue weighted by Crippen LogP contribution is 2.38. The number of hydrogen-bond acceptors (Lipinski definition) is 7. The summed E-state index contributed by atoms with van der Waals surface area (Å²) < 4.78 is 3.40. The summed E-state index contributed by atoms with van der Waals surface area (Å²) in [5.74, 6) is 0.169. The number of carbonyl (C=O) groups excluding carboxylic acids is 2. The Morgan fingerprint density at radius 3 is 2.41 bits per heavy atom. The number of halogens is 1. The van der Waals surface area contributed by atoms with Gasteiger partial charge in [0.1, 0.15) is 17.6 Å². The minimum absolute atomic E-state index is 0.175. The molecule has 2 saturated heterocycles. The van der Waals surface area contributed by atoms with Crippen LogP contribution in [-0.2, 0) is 25.3 Å². The van der Waals surface area contributed by atoms with E-state index in [1.807, 2.05) is 66.3 Å². The van der Waals surface area contributed by atoms with E-state index in [0.29, 0.717) is 21.8 Å². The van der Waals surface area contributed by atoms with Gasteiger partial charge < -0.3 is 25.4 Å². The molecule has 1 spiro atoms. The van der Waals surface area contributed by atoms with Gasteiger partial charge in [-0.05, 0) is 64.7 Å². The number of aromatic nitrogens is 5. The molecule has 2 fully saturated rings. The summed E-state index contributed by atoms with van der Waals surface area (Å²) in [5.41, 5.74) is 5.95. The Morgan fingerprint density at radius 1 is 0.978 bits per heavy atom. The highest BCUT2D eigenvalue weighted by Gasteiger charge is 2.47. The molecule has 2 aromatic carbocycles. The second-order valence-corrected chi connectivity index (χ2v) is 12.6. The lowest BCUT2D eigenvalue weighted by Gasteiger charge is -2.56. The van der Waals surface area contributed by atoms with E-state index in [1.54, 1.807) is 31.8 Å². The summed E-state index contributed by atoms with van der Waals surface area (Å²) in [7, 11) is 3.61. The van der Waals surface area contributed by atoms with Gasteiger partial charge in [0.15, 0.2) is 0 Å². The standard InChI is InChI=1S/C34H34ClN9O2/c1-42-21-36-16-30(42)22-3-6-26(7-4-22)40-32(45)28(41-33(46)29-10-12-39-43(29)2)14-25-13-23(5-8-27(25)35)24-9-11-38-31(15-24)44-19-34(20-44)17-37-18-34/h3-13,15-16,21,28,37H,14,17-20H2,1-2H3,(H,40,45)(H,41,46). The smallest absolute Gasteiger partial charge is 0.270 e. The van der Waals surface area contributed by atoms with Crippen LogP contribution < -0.4 is 20.9 Å². The monoisotopic (exact) mass is 635 g/mol. The molecule has 1 atom stereocenters. The summed E-state index contributed by atoms with van der Waals surface area (Å²) >= 11 is 6.71. The summed E-state index contributed by atoms with van der Waals surface area (Å²) in [6, 6.07) is 18.0. The van der Waals surface area contributed by atoms with E-state index < -0.39 is 11.9 Å². The zero-order valence-corrected chi connectivity index (χ0v) is 26.3. The van der Waals surface area contributed by atoms with Crippen LogP contribution in [0.5, 0.6) is 0 Å². The van der Waals surface area contributed by atoms with Gasteiger partial charge in [0.2, 0.25) is 5.91 Å². The van der Waals surface area contributed by atoms with Crippen molar-refractivity contribution in [3.8, 4) is 22.4 Å². The third-order valence-electron chi connectivity index (χ3n) is 8.87. The number of benzene rings is 2. The van der Waals surface area contributed by atoms with Crippen molar-refractivity contribution in [2.75, 3.05) is 36.4 Å². The third-order valence-corrected chi connectivity index (χ3v) is 9.23. The fourth-order valence-electron chi connectivity index (χ4n) is 6.16. The van der Waals surface area contributed by atoms with E-state index >= 15 is 0 Å². The van der Waals surface area contributed by atoms with Crippen molar-refractivity contribution in [2.45, 2.75) is 12.5 Å². The zero-order valence-electron chi connectivity index (χ0n) is 25.6. The number of rotatable bonds is 9. The van der Waals surface area contributed by atoms with E-state index in [9.17, 15) is 9.59 Å². The van der Waals surface area contributed by atoms with Crippen LogP contribution in [0, 0.1) is 5.41 Å². The molecule has 0 aliphatic carbocycles. The molecule has 2 amide bonds. The number of aryl methyl sites for hydroxylation is 2. The number of amides is 2. The average Bonchev–Trinajstić information content (AvgIpc) is 3.64. The maximum atomic E-state index is 13.8. The van der Waals surface area contributed by atoms with Gasteiger partial charge in [-0.25, -0.2) is 9.97 Å². The van der Waals surface area contributed by atoms with Crippen molar-refractivity contribution in [1.82, 2.24) is 34.9 Å². The second-order valence-electron chi connectivity index (χ2n) is 12.2. The summed E-state index contributed by atoms with van der Waals surface area (Å²) in [6.07, 6.45) is 7.07. The van der Waals surface area contributed by atoms with Crippen molar-refractivity contribution in [2.24, 2.45) is 19.5 Å². The molecule has 11 nitrogen and oxygen atoms in total. The van der Waals surface area contributed by atoms with Crippen LogP contribution in [0.15, 0.2) is 85.6 Å². The molecule has 1 unspecified atom stereocenters. The number of imidazole rings is 1.